The molecule has 2 aromatic carbocycles. The largest absolute Gasteiger partial charge is 0.477 e. The number of hydrogen-bond acceptors (Lipinski definition) is 7. The summed E-state index contributed by atoms with van der Waals surface area (Å²) in [5.74, 6) is -1.72. The summed E-state index contributed by atoms with van der Waals surface area (Å²) in [6, 6.07) is 19.5. The fourth-order valence-corrected chi connectivity index (χ4v) is 4.23. The van der Waals surface area contributed by atoms with Gasteiger partial charge in [0.2, 0.25) is 0 Å². The molecule has 0 radical (unpaired) electrons. The van der Waals surface area contributed by atoms with Crippen molar-refractivity contribution in [2.24, 2.45) is 19.8 Å². The highest BCUT2D eigenvalue weighted by molar-refractivity contribution is 5.98. The van der Waals surface area contributed by atoms with Crippen molar-refractivity contribution < 1.29 is 24.3 Å². The van der Waals surface area contributed by atoms with Gasteiger partial charge in [0.05, 0.1) is 0 Å². The van der Waals surface area contributed by atoms with Crippen molar-refractivity contribution >= 4 is 23.4 Å². The van der Waals surface area contributed by atoms with E-state index in [9.17, 15) is 19.2 Å². The van der Waals surface area contributed by atoms with E-state index in [1.54, 1.807) is 7.05 Å². The van der Waals surface area contributed by atoms with E-state index in [4.69, 9.17) is 10.8 Å². The summed E-state index contributed by atoms with van der Waals surface area (Å²) in [7, 11) is 3.13. The van der Waals surface area contributed by atoms with Gasteiger partial charge in [-0.15, -0.1) is 0 Å². The number of nitrogens with one attached hydrogen (secondary N) is 1. The predicted octanol–water partition coefficient (Wildman–Crippen LogP) is 5.61. The van der Waals surface area contributed by atoms with Crippen molar-refractivity contribution in [1.82, 2.24) is 24.9 Å². The number of hydrogen-bond donors (Lipinski definition) is 3. The molecule has 4 N–H and O–H groups in total. The Kier molecular flexibility index (Phi) is 13.1. The van der Waals surface area contributed by atoms with Gasteiger partial charge in [-0.05, 0) is 33.1 Å². The Labute approximate surface area is 277 Å². The summed E-state index contributed by atoms with van der Waals surface area (Å²) >= 11 is 0. The number of amides is 1. The van der Waals surface area contributed by atoms with E-state index in [0.717, 1.165) is 5.56 Å². The zero-order chi connectivity index (χ0) is 35.7. The van der Waals surface area contributed by atoms with Crippen molar-refractivity contribution in [3.63, 3.8) is 0 Å². The first-order valence-corrected chi connectivity index (χ1v) is 15.2. The number of aryl methyl sites for hydroxylation is 2. The molecule has 0 saturated carbocycles. The molecule has 0 fully saturated rings. The highest BCUT2D eigenvalue weighted by atomic mass is 16.4. The summed E-state index contributed by atoms with van der Waals surface area (Å²) < 4.78 is 2.59. The van der Waals surface area contributed by atoms with Crippen LogP contribution in [0.5, 0.6) is 0 Å². The first-order chi connectivity index (χ1) is 21.7. The normalized spacial score (nSPS) is 11.0. The van der Waals surface area contributed by atoms with Crippen LogP contribution in [0.1, 0.15) is 120 Å². The number of rotatable bonds is 7. The molecular weight excluding hydrogens is 596 g/mol. The van der Waals surface area contributed by atoms with Gasteiger partial charge < -0.3 is 16.2 Å². The third-order valence-corrected chi connectivity index (χ3v) is 7.26. The fourth-order valence-electron chi connectivity index (χ4n) is 4.23. The topological polar surface area (TPSA) is 162 Å². The zero-order valence-electron chi connectivity index (χ0n) is 29.1. The van der Waals surface area contributed by atoms with E-state index in [-0.39, 0.29) is 39.7 Å². The zero-order valence-corrected chi connectivity index (χ0v) is 29.1. The number of aromatic nitrogens is 4. The first-order valence-electron chi connectivity index (χ1n) is 15.2. The van der Waals surface area contributed by atoms with Crippen LogP contribution in [-0.4, -0.2) is 48.1 Å². The van der Waals surface area contributed by atoms with E-state index in [2.05, 4.69) is 93.5 Å². The van der Waals surface area contributed by atoms with E-state index in [1.165, 1.54) is 59.1 Å². The third-order valence-electron chi connectivity index (χ3n) is 7.26. The van der Waals surface area contributed by atoms with Gasteiger partial charge in [0.15, 0.2) is 11.6 Å². The van der Waals surface area contributed by atoms with Crippen LogP contribution < -0.4 is 11.1 Å². The predicted molar refractivity (Wildman–Crippen MR) is 183 cm³/mol. The molecule has 0 saturated heterocycles. The average Bonchev–Trinajstić information content (AvgIpc) is 3.59. The molecule has 47 heavy (non-hydrogen) atoms. The smallest absolute Gasteiger partial charge is 0.354 e. The average molecular weight is 645 g/mol. The molecule has 0 bridgehead atoms. The van der Waals surface area contributed by atoms with E-state index >= 15 is 0 Å². The van der Waals surface area contributed by atoms with Crippen LogP contribution in [0.25, 0.3) is 0 Å². The minimum absolute atomic E-state index is 0.0141. The molecule has 4 aromatic rings. The molecule has 0 spiro atoms. The number of Topliss-reactive ketones (excluding diaryl/α,β-unsaturated/α-hetero) is 2. The molecule has 0 aliphatic rings. The Morgan fingerprint density at radius 1 is 0.702 bits per heavy atom. The standard InChI is InChI=1S/C18H23N3O2.C11H17N.C7H8N2O3/c1-12(22)15-10-16(21(5)20-15)17(23)19-11-13-6-8-14(9-7-13)18(2,3)4;1-11(2,3)10-6-4-9(8-12)5-7-10;1-4(10)5-3-6(7(11)12)9(2)8-5/h6-10H,11H2,1-5H3,(H,19,23);4-7H,8,12H2,1-3H3;3H,1-2H3,(H,11,12). The number of carbonyl (C=O) groups excluding carboxylic acids is 3. The monoisotopic (exact) mass is 644 g/mol. The molecule has 2 aromatic heterocycles. The van der Waals surface area contributed by atoms with E-state index in [1.807, 2.05) is 12.1 Å². The fraction of sp³-hybridized carbons (Fsp3) is 0.389. The molecule has 1 amide bonds. The van der Waals surface area contributed by atoms with Crippen LogP contribution in [0, 0.1) is 0 Å². The Balaban J connectivity index is 0.000000270. The number of aromatic carboxylic acids is 1. The molecular formula is C36H48N6O5. The van der Waals surface area contributed by atoms with Crippen LogP contribution in [0.15, 0.2) is 60.7 Å². The summed E-state index contributed by atoms with van der Waals surface area (Å²) in [5, 5.41) is 19.2. The maximum absolute atomic E-state index is 12.2. The van der Waals surface area contributed by atoms with Crippen LogP contribution in [-0.2, 0) is 38.0 Å². The number of nitrogens with zero attached hydrogens (tertiary/aromatic N) is 4. The lowest BCUT2D eigenvalue weighted by atomic mass is 9.87. The van der Waals surface area contributed by atoms with Gasteiger partial charge in [0.1, 0.15) is 22.8 Å². The number of benzene rings is 2. The Morgan fingerprint density at radius 2 is 1.09 bits per heavy atom. The minimum atomic E-state index is -1.09. The van der Waals surface area contributed by atoms with Crippen LogP contribution >= 0.6 is 0 Å². The van der Waals surface area contributed by atoms with Gasteiger partial charge in [0, 0.05) is 53.2 Å². The van der Waals surface area contributed by atoms with Gasteiger partial charge in [-0.1, -0.05) is 90.1 Å². The molecule has 11 nitrogen and oxygen atoms in total. The lowest BCUT2D eigenvalue weighted by Gasteiger charge is -2.19. The highest BCUT2D eigenvalue weighted by Gasteiger charge is 2.17. The lowest BCUT2D eigenvalue weighted by Crippen LogP contribution is -2.25. The number of carboxylic acids is 1. The summed E-state index contributed by atoms with van der Waals surface area (Å²) in [4.78, 5) is 44.8. The Morgan fingerprint density at radius 3 is 1.40 bits per heavy atom. The van der Waals surface area contributed by atoms with E-state index in [0.29, 0.717) is 24.5 Å². The number of carboxylic acid groups (broad SMARTS) is 1. The second-order valence-electron chi connectivity index (χ2n) is 13.3. The van der Waals surface area contributed by atoms with Crippen molar-refractivity contribution in [2.75, 3.05) is 0 Å². The van der Waals surface area contributed by atoms with E-state index < -0.39 is 5.97 Å². The van der Waals surface area contributed by atoms with Crippen molar-refractivity contribution in [2.45, 2.75) is 79.3 Å². The Hall–Kier alpha value is -4.90. The maximum atomic E-state index is 12.2. The second-order valence-corrected chi connectivity index (χ2v) is 13.3. The highest BCUT2D eigenvalue weighted by Crippen LogP contribution is 2.23. The van der Waals surface area contributed by atoms with Gasteiger partial charge in [-0.25, -0.2) is 4.79 Å². The summed E-state index contributed by atoms with van der Waals surface area (Å²) in [5.41, 5.74) is 11.6. The molecule has 2 heterocycles. The van der Waals surface area contributed by atoms with Gasteiger partial charge >= 0.3 is 5.97 Å². The molecule has 0 unspecified atom stereocenters. The molecule has 252 valence electrons. The molecule has 0 aliphatic carbocycles. The molecule has 0 aliphatic heterocycles. The lowest BCUT2D eigenvalue weighted by molar-refractivity contribution is 0.0684. The van der Waals surface area contributed by atoms with Gasteiger partial charge in [-0.3, -0.25) is 23.7 Å². The molecule has 0 atom stereocenters. The minimum Gasteiger partial charge on any atom is -0.477 e. The SMILES string of the molecule is CC(=O)c1cc(C(=O)NCc2ccc(C(C)(C)C)cc2)n(C)n1.CC(=O)c1cc(C(=O)O)n(C)n1.CC(C)(C)c1ccc(CN)cc1. The van der Waals surface area contributed by atoms with Crippen molar-refractivity contribution in [1.29, 1.82) is 0 Å². The maximum Gasteiger partial charge on any atom is 0.354 e. The van der Waals surface area contributed by atoms with Crippen LogP contribution in [0.3, 0.4) is 0 Å². The van der Waals surface area contributed by atoms with Gasteiger partial charge in [-0.2, -0.15) is 10.2 Å². The van der Waals surface area contributed by atoms with Crippen LogP contribution in [0.4, 0.5) is 0 Å². The quantitative estimate of drug-likeness (QED) is 0.219. The molecule has 11 heteroatoms. The van der Waals surface area contributed by atoms with Crippen molar-refractivity contribution in [3.05, 3.63) is 106 Å². The summed E-state index contributed by atoms with van der Waals surface area (Å²) in [6.45, 7) is 17.0. The molecule has 4 rings (SSSR count). The van der Waals surface area contributed by atoms with Crippen LogP contribution in [0.2, 0.25) is 0 Å². The first kappa shape index (κ1) is 38.3. The summed E-state index contributed by atoms with van der Waals surface area (Å²) in [6.07, 6.45) is 0. The number of carbonyl (C=O) groups is 4. The second kappa shape index (κ2) is 16.1. The third kappa shape index (κ3) is 11.4. The number of ketones is 2. The number of nitrogens with two attached hydrogens (primary N) is 1. The van der Waals surface area contributed by atoms with Gasteiger partial charge in [0.25, 0.3) is 5.91 Å². The van der Waals surface area contributed by atoms with Crippen molar-refractivity contribution in [3.8, 4) is 0 Å². The Bertz CT molecular complexity index is 1690.